The molecule has 2 aromatic carbocycles. The van der Waals surface area contributed by atoms with E-state index in [1.54, 1.807) is 18.2 Å². The molecule has 2 rings (SSSR count). The maximum Gasteiger partial charge on any atom is 0.344 e. The quantitative estimate of drug-likeness (QED) is 0.756. The summed E-state index contributed by atoms with van der Waals surface area (Å²) >= 11 is 0. The number of ether oxygens (including phenoxy) is 2. The molecular formula is C21H24FNO4. The van der Waals surface area contributed by atoms with Crippen molar-refractivity contribution in [1.82, 2.24) is 5.32 Å². The van der Waals surface area contributed by atoms with E-state index < -0.39 is 18.5 Å². The number of hydrogen-bond donors (Lipinski definition) is 1. The van der Waals surface area contributed by atoms with Gasteiger partial charge in [0.05, 0.1) is 0 Å². The minimum absolute atomic E-state index is 0.124. The van der Waals surface area contributed by atoms with Crippen LogP contribution in [-0.2, 0) is 26.3 Å². The zero-order valence-corrected chi connectivity index (χ0v) is 15.8. The first-order valence-corrected chi connectivity index (χ1v) is 8.65. The number of rotatable bonds is 7. The second-order valence-corrected chi connectivity index (χ2v) is 7.10. The number of benzene rings is 2. The van der Waals surface area contributed by atoms with E-state index >= 15 is 0 Å². The van der Waals surface area contributed by atoms with E-state index in [1.165, 1.54) is 12.1 Å². The maximum absolute atomic E-state index is 12.8. The highest BCUT2D eigenvalue weighted by molar-refractivity contribution is 5.80. The molecule has 5 nitrogen and oxygen atoms in total. The normalized spacial score (nSPS) is 11.0. The van der Waals surface area contributed by atoms with Gasteiger partial charge in [0.2, 0.25) is 0 Å². The van der Waals surface area contributed by atoms with Crippen molar-refractivity contribution in [2.45, 2.75) is 32.7 Å². The van der Waals surface area contributed by atoms with Crippen molar-refractivity contribution in [2.24, 2.45) is 0 Å². The molecule has 0 aliphatic heterocycles. The van der Waals surface area contributed by atoms with Crippen molar-refractivity contribution in [3.05, 3.63) is 65.5 Å². The monoisotopic (exact) mass is 373 g/mol. The van der Waals surface area contributed by atoms with Gasteiger partial charge in [-0.15, -0.1) is 0 Å². The Morgan fingerprint density at radius 1 is 1.00 bits per heavy atom. The van der Waals surface area contributed by atoms with Crippen molar-refractivity contribution in [3.8, 4) is 5.75 Å². The highest BCUT2D eigenvalue weighted by Gasteiger charge is 2.19. The largest absolute Gasteiger partial charge is 0.482 e. The van der Waals surface area contributed by atoms with Crippen LogP contribution in [0.25, 0.3) is 0 Å². The fourth-order valence-electron chi connectivity index (χ4n) is 2.39. The Balaban J connectivity index is 1.75. The molecule has 0 atom stereocenters. The van der Waals surface area contributed by atoms with Gasteiger partial charge in [0.1, 0.15) is 11.6 Å². The summed E-state index contributed by atoms with van der Waals surface area (Å²) in [6, 6.07) is 13.3. The third-order valence-electron chi connectivity index (χ3n) is 3.81. The smallest absolute Gasteiger partial charge is 0.344 e. The molecule has 6 heteroatoms. The van der Waals surface area contributed by atoms with E-state index in [1.807, 2.05) is 18.2 Å². The second-order valence-electron chi connectivity index (χ2n) is 7.10. The molecule has 0 radical (unpaired) electrons. The third kappa shape index (κ3) is 6.73. The van der Waals surface area contributed by atoms with Gasteiger partial charge in [-0.3, -0.25) is 4.79 Å². The van der Waals surface area contributed by atoms with Crippen LogP contribution in [0, 0.1) is 5.82 Å². The second kappa shape index (κ2) is 9.16. The first kappa shape index (κ1) is 20.4. The number of hydrogen-bond acceptors (Lipinski definition) is 4. The Morgan fingerprint density at radius 2 is 1.67 bits per heavy atom. The summed E-state index contributed by atoms with van der Waals surface area (Å²) in [7, 11) is 0. The molecule has 0 bridgehead atoms. The Bertz CT molecular complexity index is 782. The molecule has 0 saturated heterocycles. The van der Waals surface area contributed by atoms with E-state index in [4.69, 9.17) is 9.47 Å². The van der Waals surface area contributed by atoms with E-state index in [9.17, 15) is 14.0 Å². The molecule has 0 fully saturated rings. The summed E-state index contributed by atoms with van der Waals surface area (Å²) in [6.07, 6.45) is 0. The van der Waals surface area contributed by atoms with Crippen molar-refractivity contribution in [1.29, 1.82) is 0 Å². The van der Waals surface area contributed by atoms with Crippen LogP contribution in [0.3, 0.4) is 0 Å². The number of nitrogens with one attached hydrogen (secondary N) is 1. The van der Waals surface area contributed by atoms with Crippen LogP contribution in [0.2, 0.25) is 0 Å². The predicted molar refractivity (Wildman–Crippen MR) is 99.8 cm³/mol. The molecule has 0 saturated carbocycles. The van der Waals surface area contributed by atoms with Gasteiger partial charge >= 0.3 is 5.97 Å². The molecule has 1 N–H and O–H groups in total. The van der Waals surface area contributed by atoms with Gasteiger partial charge < -0.3 is 14.8 Å². The first-order valence-electron chi connectivity index (χ1n) is 8.65. The Kier molecular flexibility index (Phi) is 6.93. The lowest BCUT2D eigenvalue weighted by Crippen LogP contribution is -2.29. The number of esters is 1. The third-order valence-corrected chi connectivity index (χ3v) is 3.81. The average Bonchev–Trinajstić information content (AvgIpc) is 2.63. The summed E-state index contributed by atoms with van der Waals surface area (Å²) in [5.74, 6) is -0.798. The minimum Gasteiger partial charge on any atom is -0.482 e. The summed E-state index contributed by atoms with van der Waals surface area (Å²) in [4.78, 5) is 23.6. The molecule has 27 heavy (non-hydrogen) atoms. The molecule has 1 amide bonds. The van der Waals surface area contributed by atoms with Gasteiger partial charge in [-0.25, -0.2) is 9.18 Å². The summed E-state index contributed by atoms with van der Waals surface area (Å²) in [5.41, 5.74) is 1.61. The summed E-state index contributed by atoms with van der Waals surface area (Å²) in [6.45, 7) is 5.71. The van der Waals surface area contributed by atoms with Crippen molar-refractivity contribution in [3.63, 3.8) is 0 Å². The van der Waals surface area contributed by atoms with Crippen LogP contribution < -0.4 is 10.1 Å². The van der Waals surface area contributed by atoms with Crippen molar-refractivity contribution in [2.75, 3.05) is 13.2 Å². The van der Waals surface area contributed by atoms with Gasteiger partial charge in [0.25, 0.3) is 5.91 Å². The van der Waals surface area contributed by atoms with Crippen LogP contribution in [0.4, 0.5) is 4.39 Å². The van der Waals surface area contributed by atoms with E-state index in [0.29, 0.717) is 5.75 Å². The molecule has 0 spiro atoms. The number of para-hydroxylation sites is 1. The highest BCUT2D eigenvalue weighted by Crippen LogP contribution is 2.30. The lowest BCUT2D eigenvalue weighted by molar-refractivity contribution is -0.150. The predicted octanol–water partition coefficient (Wildman–Crippen LogP) is 3.36. The van der Waals surface area contributed by atoms with Crippen LogP contribution in [0.1, 0.15) is 31.9 Å². The van der Waals surface area contributed by atoms with Gasteiger partial charge in [-0.05, 0) is 34.7 Å². The fourth-order valence-corrected chi connectivity index (χ4v) is 2.39. The van der Waals surface area contributed by atoms with Gasteiger partial charge in [-0.2, -0.15) is 0 Å². The van der Waals surface area contributed by atoms with Gasteiger partial charge in [0.15, 0.2) is 13.2 Å². The lowest BCUT2D eigenvalue weighted by atomic mass is 9.86. The van der Waals surface area contributed by atoms with E-state index in [-0.39, 0.29) is 24.4 Å². The molecule has 0 aromatic heterocycles. The number of amides is 1. The zero-order chi connectivity index (χ0) is 19.9. The molecule has 2 aromatic rings. The van der Waals surface area contributed by atoms with Crippen LogP contribution in [-0.4, -0.2) is 25.1 Å². The van der Waals surface area contributed by atoms with Gasteiger partial charge in [-0.1, -0.05) is 51.1 Å². The fraction of sp³-hybridized carbons (Fsp3) is 0.333. The number of carbonyl (C=O) groups excluding carboxylic acids is 2. The molecule has 0 unspecified atom stereocenters. The zero-order valence-electron chi connectivity index (χ0n) is 15.8. The standard InChI is InChI=1S/C21H24FNO4/c1-21(2,3)17-6-4-5-7-18(17)26-14-20(25)27-13-19(24)23-12-15-8-10-16(22)11-9-15/h4-11H,12-14H2,1-3H3,(H,23,24). The average molecular weight is 373 g/mol. The molecule has 0 aliphatic rings. The molecular weight excluding hydrogens is 349 g/mol. The van der Waals surface area contributed by atoms with Crippen molar-refractivity contribution < 1.29 is 23.5 Å². The topological polar surface area (TPSA) is 64.6 Å². The Labute approximate surface area is 158 Å². The first-order chi connectivity index (χ1) is 12.8. The van der Waals surface area contributed by atoms with E-state index in [0.717, 1.165) is 11.1 Å². The maximum atomic E-state index is 12.8. The SMILES string of the molecule is CC(C)(C)c1ccccc1OCC(=O)OCC(=O)NCc1ccc(F)cc1. The number of carbonyl (C=O) groups is 2. The van der Waals surface area contributed by atoms with Crippen LogP contribution >= 0.6 is 0 Å². The van der Waals surface area contributed by atoms with Gasteiger partial charge in [0, 0.05) is 6.54 Å². The molecule has 0 aliphatic carbocycles. The number of halogens is 1. The molecule has 0 heterocycles. The van der Waals surface area contributed by atoms with Crippen molar-refractivity contribution >= 4 is 11.9 Å². The van der Waals surface area contributed by atoms with E-state index in [2.05, 4.69) is 26.1 Å². The minimum atomic E-state index is -0.629. The summed E-state index contributed by atoms with van der Waals surface area (Å²) < 4.78 is 23.3. The van der Waals surface area contributed by atoms with Crippen LogP contribution in [0.15, 0.2) is 48.5 Å². The Morgan fingerprint density at radius 3 is 2.33 bits per heavy atom. The summed E-state index contributed by atoms with van der Waals surface area (Å²) in [5, 5.41) is 2.60. The lowest BCUT2D eigenvalue weighted by Gasteiger charge is -2.22. The molecule has 144 valence electrons. The Hall–Kier alpha value is -2.89. The van der Waals surface area contributed by atoms with Crippen LogP contribution in [0.5, 0.6) is 5.75 Å². The highest BCUT2D eigenvalue weighted by atomic mass is 19.1.